The molecule has 1 atom stereocenters. The van der Waals surface area contributed by atoms with E-state index in [0.29, 0.717) is 16.4 Å². The van der Waals surface area contributed by atoms with Gasteiger partial charge in [-0.1, -0.05) is 23.2 Å². The molecule has 0 bridgehead atoms. The molecule has 3 rings (SSSR count). The highest BCUT2D eigenvalue weighted by molar-refractivity contribution is 7.90. The van der Waals surface area contributed by atoms with Gasteiger partial charge >= 0.3 is 0 Å². The van der Waals surface area contributed by atoms with Crippen molar-refractivity contribution >= 4 is 44.6 Å². The fourth-order valence-corrected chi connectivity index (χ4v) is 3.40. The van der Waals surface area contributed by atoms with Crippen molar-refractivity contribution in [1.29, 1.82) is 0 Å². The van der Waals surface area contributed by atoms with Crippen LogP contribution in [0.5, 0.6) is 0 Å². The molecule has 5 nitrogen and oxygen atoms in total. The van der Waals surface area contributed by atoms with E-state index in [0.717, 1.165) is 11.9 Å². The molecular formula is C16H14Cl2N2O3S. The molecule has 0 fully saturated rings. The summed E-state index contributed by atoms with van der Waals surface area (Å²) in [6.07, 6.45) is 1.15. The van der Waals surface area contributed by atoms with Gasteiger partial charge in [-0.2, -0.15) is 0 Å². The van der Waals surface area contributed by atoms with E-state index in [9.17, 15) is 13.5 Å². The van der Waals surface area contributed by atoms with Crippen LogP contribution in [0.25, 0.3) is 0 Å². The number of sulfone groups is 1. The summed E-state index contributed by atoms with van der Waals surface area (Å²) in [6, 6.07) is 13.3. The Morgan fingerprint density at radius 2 is 1.71 bits per heavy atom. The quantitative estimate of drug-likeness (QED) is 0.652. The van der Waals surface area contributed by atoms with Gasteiger partial charge in [-0.3, -0.25) is 0 Å². The molecule has 24 heavy (non-hydrogen) atoms. The van der Waals surface area contributed by atoms with E-state index in [1.165, 1.54) is 12.1 Å². The smallest absolute Gasteiger partial charge is 0.254 e. The Morgan fingerprint density at radius 1 is 1.12 bits per heavy atom. The standard InChI is InChI=1S/C16H14Cl2N2O3S/c1-24(22,23)14-8-2-11(3-9-14)15-19-16(18,21)10-20(15)13-6-4-12(17)5-7-13/h2-9,21H,10H2,1H3. The van der Waals surface area contributed by atoms with Gasteiger partial charge in [0.05, 0.1) is 11.4 Å². The zero-order chi connectivity index (χ0) is 17.5. The number of nitrogens with zero attached hydrogens (tertiary/aromatic N) is 2. The van der Waals surface area contributed by atoms with Crippen LogP contribution < -0.4 is 4.90 Å². The molecule has 1 N–H and O–H groups in total. The van der Waals surface area contributed by atoms with Crippen LogP contribution in [-0.4, -0.2) is 37.3 Å². The lowest BCUT2D eigenvalue weighted by molar-refractivity contribution is 0.157. The fraction of sp³-hybridized carbons (Fsp3) is 0.188. The van der Waals surface area contributed by atoms with Gasteiger partial charge in [-0.25, -0.2) is 13.4 Å². The molecule has 0 radical (unpaired) electrons. The van der Waals surface area contributed by atoms with Crippen molar-refractivity contribution in [3.8, 4) is 0 Å². The molecule has 2 aromatic rings. The molecule has 8 heteroatoms. The summed E-state index contributed by atoms with van der Waals surface area (Å²) in [7, 11) is -3.28. The number of aliphatic hydroxyl groups is 1. The van der Waals surface area contributed by atoms with E-state index < -0.39 is 15.0 Å². The summed E-state index contributed by atoms with van der Waals surface area (Å²) in [5.41, 5.74) is 1.41. The van der Waals surface area contributed by atoms with Crippen molar-refractivity contribution in [1.82, 2.24) is 0 Å². The molecular weight excluding hydrogens is 371 g/mol. The normalized spacial score (nSPS) is 21.0. The predicted octanol–water partition coefficient (Wildman–Crippen LogP) is 2.90. The van der Waals surface area contributed by atoms with Gasteiger partial charge in [0, 0.05) is 22.5 Å². The van der Waals surface area contributed by atoms with Crippen molar-refractivity contribution in [2.24, 2.45) is 4.99 Å². The lowest BCUT2D eigenvalue weighted by Crippen LogP contribution is -2.32. The van der Waals surface area contributed by atoms with Crippen molar-refractivity contribution in [3.05, 3.63) is 59.1 Å². The Morgan fingerprint density at radius 3 is 2.25 bits per heavy atom. The number of amidine groups is 1. The minimum Gasteiger partial charge on any atom is -0.356 e. The molecule has 0 saturated carbocycles. The van der Waals surface area contributed by atoms with E-state index >= 15 is 0 Å². The Balaban J connectivity index is 2.01. The van der Waals surface area contributed by atoms with Crippen LogP contribution in [0.15, 0.2) is 58.4 Å². The third-order valence-electron chi connectivity index (χ3n) is 3.57. The molecule has 1 aliphatic heterocycles. The highest BCUT2D eigenvalue weighted by atomic mass is 35.5. The minimum atomic E-state index is -3.28. The molecule has 0 spiro atoms. The molecule has 0 aliphatic carbocycles. The fourth-order valence-electron chi connectivity index (χ4n) is 2.44. The van der Waals surface area contributed by atoms with Crippen LogP contribution in [0.2, 0.25) is 5.02 Å². The van der Waals surface area contributed by atoms with Gasteiger partial charge in [0.2, 0.25) is 0 Å². The summed E-state index contributed by atoms with van der Waals surface area (Å²) in [5, 5.41) is 8.96. The van der Waals surface area contributed by atoms with E-state index in [1.54, 1.807) is 41.3 Å². The summed E-state index contributed by atoms with van der Waals surface area (Å²) < 4.78 is 23.1. The average molecular weight is 385 g/mol. The van der Waals surface area contributed by atoms with Crippen molar-refractivity contribution in [2.45, 2.75) is 10.1 Å². The van der Waals surface area contributed by atoms with Crippen LogP contribution in [0.1, 0.15) is 5.56 Å². The maximum absolute atomic E-state index is 11.6. The second kappa shape index (κ2) is 6.04. The lowest BCUT2D eigenvalue weighted by atomic mass is 10.2. The van der Waals surface area contributed by atoms with Crippen molar-refractivity contribution in [3.63, 3.8) is 0 Å². The van der Waals surface area contributed by atoms with Gasteiger partial charge in [-0.15, -0.1) is 0 Å². The van der Waals surface area contributed by atoms with E-state index in [-0.39, 0.29) is 11.4 Å². The van der Waals surface area contributed by atoms with Gasteiger partial charge in [0.1, 0.15) is 5.84 Å². The maximum Gasteiger partial charge on any atom is 0.254 e. The van der Waals surface area contributed by atoms with Gasteiger partial charge in [0.15, 0.2) is 9.84 Å². The third kappa shape index (κ3) is 3.57. The zero-order valence-electron chi connectivity index (χ0n) is 12.6. The lowest BCUT2D eigenvalue weighted by Gasteiger charge is -2.21. The molecule has 1 heterocycles. The number of benzene rings is 2. The van der Waals surface area contributed by atoms with E-state index in [1.807, 2.05) is 0 Å². The number of aliphatic imine (C=N–C) groups is 1. The number of hydrogen-bond donors (Lipinski definition) is 1. The van der Waals surface area contributed by atoms with Gasteiger partial charge in [0.25, 0.3) is 5.18 Å². The first kappa shape index (κ1) is 17.2. The van der Waals surface area contributed by atoms with Crippen molar-refractivity contribution < 1.29 is 13.5 Å². The molecule has 2 aromatic carbocycles. The zero-order valence-corrected chi connectivity index (χ0v) is 15.0. The van der Waals surface area contributed by atoms with Crippen LogP contribution in [0.4, 0.5) is 5.69 Å². The summed E-state index contributed by atoms with van der Waals surface area (Å²) in [5.74, 6) is 0.454. The molecule has 0 amide bonds. The number of rotatable bonds is 3. The number of β-amino-alcohol motifs (C(OH)–C–C–N with tert-alkyl or cyclic N) is 1. The first-order chi connectivity index (χ1) is 11.2. The Labute approximate surface area is 150 Å². The molecule has 126 valence electrons. The summed E-state index contributed by atoms with van der Waals surface area (Å²) in [4.78, 5) is 6.10. The van der Waals surface area contributed by atoms with E-state index in [2.05, 4.69) is 4.99 Å². The minimum absolute atomic E-state index is 0.0688. The van der Waals surface area contributed by atoms with Crippen LogP contribution in [0, 0.1) is 0 Å². The summed E-state index contributed by atoms with van der Waals surface area (Å²) >= 11 is 11.9. The van der Waals surface area contributed by atoms with Crippen LogP contribution in [-0.2, 0) is 9.84 Å². The highest BCUT2D eigenvalue weighted by Crippen LogP contribution is 2.31. The third-order valence-corrected chi connectivity index (χ3v) is 5.16. The number of alkyl halides is 1. The number of hydrogen-bond acceptors (Lipinski definition) is 5. The second-order valence-corrected chi connectivity index (χ2v) is 8.57. The Hall–Kier alpha value is -1.60. The number of halogens is 2. The highest BCUT2D eigenvalue weighted by Gasteiger charge is 2.37. The van der Waals surface area contributed by atoms with Gasteiger partial charge in [-0.05, 0) is 48.5 Å². The number of anilines is 1. The topological polar surface area (TPSA) is 70.0 Å². The Kier molecular flexibility index (Phi) is 4.34. The molecule has 0 saturated heterocycles. The van der Waals surface area contributed by atoms with E-state index in [4.69, 9.17) is 23.2 Å². The molecule has 0 aromatic heterocycles. The molecule has 1 aliphatic rings. The van der Waals surface area contributed by atoms with Crippen LogP contribution in [0.3, 0.4) is 0 Å². The largest absolute Gasteiger partial charge is 0.356 e. The first-order valence-corrected chi connectivity index (χ1v) is 9.65. The maximum atomic E-state index is 11.6. The first-order valence-electron chi connectivity index (χ1n) is 7.00. The Bertz CT molecular complexity index is 892. The SMILES string of the molecule is CS(=O)(=O)c1ccc(C2=NC(O)(Cl)CN2c2ccc(Cl)cc2)cc1. The second-order valence-electron chi connectivity index (χ2n) is 5.51. The average Bonchev–Trinajstić information content (AvgIpc) is 2.83. The van der Waals surface area contributed by atoms with Gasteiger partial charge < -0.3 is 10.0 Å². The summed E-state index contributed by atoms with van der Waals surface area (Å²) in [6.45, 7) is 0.0688. The molecule has 1 unspecified atom stereocenters. The van der Waals surface area contributed by atoms with Crippen LogP contribution >= 0.6 is 23.2 Å². The van der Waals surface area contributed by atoms with Crippen molar-refractivity contribution in [2.75, 3.05) is 17.7 Å². The monoisotopic (exact) mass is 384 g/mol. The predicted molar refractivity (Wildman–Crippen MR) is 95.7 cm³/mol.